The third-order valence-electron chi connectivity index (χ3n) is 5.89. The minimum absolute atomic E-state index is 0.152. The maximum Gasteiger partial charge on any atom is 0.258 e. The number of carbonyl (C=O) groups excluding carboxylic acids is 2. The molecule has 9 nitrogen and oxygen atoms in total. The van der Waals surface area contributed by atoms with Crippen molar-refractivity contribution in [3.8, 4) is 5.75 Å². The van der Waals surface area contributed by atoms with Gasteiger partial charge in [-0.2, -0.15) is 0 Å². The van der Waals surface area contributed by atoms with Crippen molar-refractivity contribution in [2.45, 2.75) is 25.6 Å². The predicted octanol–water partition coefficient (Wildman–Crippen LogP) is 1.23. The fourth-order valence-corrected chi connectivity index (χ4v) is 4.05. The van der Waals surface area contributed by atoms with Crippen LogP contribution in [-0.2, 0) is 24.3 Å². The lowest BCUT2D eigenvalue weighted by atomic mass is 10.00. The highest BCUT2D eigenvalue weighted by Crippen LogP contribution is 2.18. The molecule has 2 heterocycles. The first-order valence-electron chi connectivity index (χ1n) is 11.8. The van der Waals surface area contributed by atoms with Crippen molar-refractivity contribution < 1.29 is 19.4 Å². The molecular weight excluding hydrogens is 446 g/mol. The molecule has 0 aliphatic carbocycles. The maximum absolute atomic E-state index is 12.4. The summed E-state index contributed by atoms with van der Waals surface area (Å²) in [6, 6.07) is 15.0. The van der Waals surface area contributed by atoms with Crippen LogP contribution in [0.5, 0.6) is 5.75 Å². The Morgan fingerprint density at radius 3 is 2.80 bits per heavy atom. The second-order valence-electron chi connectivity index (χ2n) is 8.58. The average Bonchev–Trinajstić information content (AvgIpc) is 3.40. The number of ether oxygens (including phenoxy) is 1. The molecule has 2 aromatic carbocycles. The molecule has 1 aromatic heterocycles. The second-order valence-corrected chi connectivity index (χ2v) is 8.58. The molecule has 0 saturated heterocycles. The van der Waals surface area contributed by atoms with Crippen molar-refractivity contribution in [2.75, 3.05) is 32.8 Å². The van der Waals surface area contributed by atoms with Crippen LogP contribution in [0.2, 0.25) is 0 Å². The van der Waals surface area contributed by atoms with E-state index in [-0.39, 0.29) is 25.0 Å². The van der Waals surface area contributed by atoms with E-state index in [1.807, 2.05) is 16.8 Å². The number of imidazole rings is 1. The van der Waals surface area contributed by atoms with Crippen LogP contribution in [-0.4, -0.2) is 70.3 Å². The molecule has 3 aromatic rings. The van der Waals surface area contributed by atoms with Gasteiger partial charge in [-0.05, 0) is 35.7 Å². The van der Waals surface area contributed by atoms with E-state index in [1.165, 1.54) is 11.1 Å². The molecule has 3 N–H and O–H groups in total. The SMILES string of the molecule is O=C(COc1cccc(C(=O)NCCn2ccnc2)c1)NC[C@@H](O)CN1CCc2ccccc2C1. The number of aromatic nitrogens is 2. The summed E-state index contributed by atoms with van der Waals surface area (Å²) in [6.45, 7) is 3.23. The van der Waals surface area contributed by atoms with Crippen LogP contribution in [0.15, 0.2) is 67.3 Å². The number of nitrogens with zero attached hydrogens (tertiary/aromatic N) is 3. The Balaban J connectivity index is 1.15. The first-order chi connectivity index (χ1) is 17.1. The Kier molecular flexibility index (Phi) is 8.48. The van der Waals surface area contributed by atoms with Gasteiger partial charge in [-0.1, -0.05) is 30.3 Å². The fraction of sp³-hybridized carbons (Fsp3) is 0.346. The second kappa shape index (κ2) is 12.1. The van der Waals surface area contributed by atoms with Crippen LogP contribution in [0, 0.1) is 0 Å². The molecule has 9 heteroatoms. The minimum Gasteiger partial charge on any atom is -0.484 e. The summed E-state index contributed by atoms with van der Waals surface area (Å²) in [5.74, 6) is -0.123. The van der Waals surface area contributed by atoms with Gasteiger partial charge in [0.2, 0.25) is 0 Å². The van der Waals surface area contributed by atoms with Crippen LogP contribution in [0.1, 0.15) is 21.5 Å². The third-order valence-corrected chi connectivity index (χ3v) is 5.89. The van der Waals surface area contributed by atoms with E-state index >= 15 is 0 Å². The number of hydrogen-bond donors (Lipinski definition) is 3. The first kappa shape index (κ1) is 24.4. The Morgan fingerprint density at radius 2 is 1.97 bits per heavy atom. The maximum atomic E-state index is 12.4. The van der Waals surface area contributed by atoms with E-state index in [0.29, 0.717) is 30.9 Å². The van der Waals surface area contributed by atoms with Crippen LogP contribution in [0.3, 0.4) is 0 Å². The summed E-state index contributed by atoms with van der Waals surface area (Å²) in [5, 5.41) is 15.9. The molecule has 0 unspecified atom stereocenters. The van der Waals surface area contributed by atoms with Gasteiger partial charge in [0.05, 0.1) is 12.4 Å². The lowest BCUT2D eigenvalue weighted by Gasteiger charge is -2.30. The standard InChI is InChI=1S/C26H31N5O4/c32-23(17-31-11-8-20-4-1-2-5-22(20)16-31)15-29-25(33)18-35-24-7-3-6-21(14-24)26(34)28-10-13-30-12-9-27-19-30/h1-7,9,12,14,19,23,32H,8,10-11,13,15-18H2,(H,28,34)(H,29,33)/t23-/m1/s1. The van der Waals surface area contributed by atoms with Crippen molar-refractivity contribution in [3.63, 3.8) is 0 Å². The van der Waals surface area contributed by atoms with Crippen LogP contribution in [0.4, 0.5) is 0 Å². The molecule has 0 radical (unpaired) electrons. The lowest BCUT2D eigenvalue weighted by Crippen LogP contribution is -2.42. The quantitative estimate of drug-likeness (QED) is 0.383. The van der Waals surface area contributed by atoms with E-state index < -0.39 is 6.10 Å². The number of amides is 2. The number of hydrogen-bond acceptors (Lipinski definition) is 6. The molecular formula is C26H31N5O4. The molecule has 4 rings (SSSR count). The predicted molar refractivity (Wildman–Crippen MR) is 131 cm³/mol. The largest absolute Gasteiger partial charge is 0.484 e. The van der Waals surface area contributed by atoms with Crippen molar-refractivity contribution in [1.29, 1.82) is 0 Å². The summed E-state index contributed by atoms with van der Waals surface area (Å²) < 4.78 is 7.42. The summed E-state index contributed by atoms with van der Waals surface area (Å²) >= 11 is 0. The molecule has 1 aliphatic heterocycles. The number of carbonyl (C=O) groups is 2. The normalized spacial score (nSPS) is 14.1. The van der Waals surface area contributed by atoms with Crippen LogP contribution < -0.4 is 15.4 Å². The van der Waals surface area contributed by atoms with Crippen molar-refractivity contribution in [2.24, 2.45) is 0 Å². The summed E-state index contributed by atoms with van der Waals surface area (Å²) in [5.41, 5.74) is 3.10. The Labute approximate surface area is 204 Å². The summed E-state index contributed by atoms with van der Waals surface area (Å²) in [4.78, 5) is 30.7. The van der Waals surface area contributed by atoms with E-state index in [0.717, 1.165) is 19.5 Å². The third kappa shape index (κ3) is 7.40. The van der Waals surface area contributed by atoms with Gasteiger partial charge < -0.3 is 25.0 Å². The van der Waals surface area contributed by atoms with Crippen molar-refractivity contribution in [1.82, 2.24) is 25.1 Å². The first-order valence-corrected chi connectivity index (χ1v) is 11.8. The zero-order valence-electron chi connectivity index (χ0n) is 19.6. The topological polar surface area (TPSA) is 109 Å². The van der Waals surface area contributed by atoms with Gasteiger partial charge in [0.15, 0.2) is 6.61 Å². The number of fused-ring (bicyclic) bond motifs is 1. The monoisotopic (exact) mass is 477 g/mol. The average molecular weight is 478 g/mol. The molecule has 0 spiro atoms. The fourth-order valence-electron chi connectivity index (χ4n) is 4.05. The molecule has 2 amide bonds. The van der Waals surface area contributed by atoms with Crippen molar-refractivity contribution in [3.05, 3.63) is 83.9 Å². The number of benzene rings is 2. The van der Waals surface area contributed by atoms with Gasteiger partial charge in [0.25, 0.3) is 11.8 Å². The zero-order chi connectivity index (χ0) is 24.5. The van der Waals surface area contributed by atoms with Crippen molar-refractivity contribution >= 4 is 11.8 Å². The van der Waals surface area contributed by atoms with Gasteiger partial charge in [0, 0.05) is 57.2 Å². The molecule has 0 bridgehead atoms. The molecule has 1 atom stereocenters. The van der Waals surface area contributed by atoms with Gasteiger partial charge in [-0.25, -0.2) is 4.98 Å². The number of nitrogens with one attached hydrogen (secondary N) is 2. The Morgan fingerprint density at radius 1 is 1.11 bits per heavy atom. The van der Waals surface area contributed by atoms with Crippen LogP contribution in [0.25, 0.3) is 0 Å². The van der Waals surface area contributed by atoms with E-state index in [2.05, 4.69) is 38.7 Å². The highest BCUT2D eigenvalue weighted by molar-refractivity contribution is 5.94. The van der Waals surface area contributed by atoms with Gasteiger partial charge in [-0.3, -0.25) is 14.5 Å². The molecule has 1 aliphatic rings. The smallest absolute Gasteiger partial charge is 0.258 e. The minimum atomic E-state index is -0.668. The van der Waals surface area contributed by atoms with E-state index in [9.17, 15) is 14.7 Å². The number of aliphatic hydroxyl groups is 1. The molecule has 35 heavy (non-hydrogen) atoms. The highest BCUT2D eigenvalue weighted by atomic mass is 16.5. The molecule has 0 saturated carbocycles. The van der Waals surface area contributed by atoms with Gasteiger partial charge >= 0.3 is 0 Å². The van der Waals surface area contributed by atoms with Gasteiger partial charge in [-0.15, -0.1) is 0 Å². The lowest BCUT2D eigenvalue weighted by molar-refractivity contribution is -0.123. The van der Waals surface area contributed by atoms with E-state index in [4.69, 9.17) is 4.74 Å². The highest BCUT2D eigenvalue weighted by Gasteiger charge is 2.19. The number of β-amino-alcohol motifs (C(OH)–C–C–N with tert-alkyl or cyclic N) is 1. The number of aliphatic hydroxyl groups excluding tert-OH is 1. The summed E-state index contributed by atoms with van der Waals surface area (Å²) in [6.07, 6.45) is 5.51. The number of rotatable bonds is 11. The Hall–Kier alpha value is -3.69. The Bertz CT molecular complexity index is 1120. The van der Waals surface area contributed by atoms with Crippen LogP contribution >= 0.6 is 0 Å². The zero-order valence-corrected chi connectivity index (χ0v) is 19.6. The molecule has 184 valence electrons. The van der Waals surface area contributed by atoms with E-state index in [1.54, 1.807) is 36.8 Å². The summed E-state index contributed by atoms with van der Waals surface area (Å²) in [7, 11) is 0. The van der Waals surface area contributed by atoms with Gasteiger partial charge in [0.1, 0.15) is 5.75 Å². The molecule has 0 fully saturated rings.